The van der Waals surface area contributed by atoms with Crippen LogP contribution in [-0.2, 0) is 39.3 Å². The van der Waals surface area contributed by atoms with E-state index in [0.29, 0.717) is 13.2 Å². The second-order valence-electron chi connectivity index (χ2n) is 5.58. The molecule has 6 nitrogen and oxygen atoms in total. The van der Waals surface area contributed by atoms with E-state index < -0.39 is 22.5 Å². The molecule has 0 spiro atoms. The van der Waals surface area contributed by atoms with Crippen LogP contribution in [-0.4, -0.2) is 30.3 Å². The van der Waals surface area contributed by atoms with E-state index >= 15 is 0 Å². The summed E-state index contributed by atoms with van der Waals surface area (Å²) >= 11 is 0. The first-order chi connectivity index (χ1) is 11.5. The Hall–Kier alpha value is -2.22. The first kappa shape index (κ1) is 16.6. The van der Waals surface area contributed by atoms with Gasteiger partial charge in [0.2, 0.25) is 10.0 Å². The number of benzene rings is 2. The van der Waals surface area contributed by atoms with Crippen LogP contribution in [0.2, 0.25) is 0 Å². The van der Waals surface area contributed by atoms with Crippen molar-refractivity contribution in [1.29, 1.82) is 0 Å². The van der Waals surface area contributed by atoms with E-state index in [9.17, 15) is 13.2 Å². The lowest BCUT2D eigenvalue weighted by Gasteiger charge is -2.21. The maximum atomic E-state index is 12.9. The molecule has 1 aliphatic heterocycles. The van der Waals surface area contributed by atoms with Gasteiger partial charge >= 0.3 is 5.97 Å². The summed E-state index contributed by atoms with van der Waals surface area (Å²) in [6.45, 7) is 0.253. The summed E-state index contributed by atoms with van der Waals surface area (Å²) in [6.07, 6.45) is 0. The molecule has 1 aliphatic rings. The molecule has 0 amide bonds. The van der Waals surface area contributed by atoms with Crippen molar-refractivity contribution in [1.82, 2.24) is 4.31 Å². The van der Waals surface area contributed by atoms with Crippen LogP contribution in [0.25, 0.3) is 0 Å². The topological polar surface area (TPSA) is 83.9 Å². The molecule has 0 atom stereocenters. The quantitative estimate of drug-likeness (QED) is 0.864. The third-order valence-electron chi connectivity index (χ3n) is 3.84. The lowest BCUT2D eigenvalue weighted by molar-refractivity contribution is -0.137. The van der Waals surface area contributed by atoms with Gasteiger partial charge in [0.15, 0.2) is 0 Å². The van der Waals surface area contributed by atoms with Crippen LogP contribution in [0.15, 0.2) is 53.4 Å². The third-order valence-corrected chi connectivity index (χ3v) is 5.63. The number of ether oxygens (including phenoxy) is 1. The fourth-order valence-electron chi connectivity index (χ4n) is 2.62. The molecule has 1 N–H and O–H groups in total. The number of carboxylic acids is 1. The molecule has 2 aromatic carbocycles. The molecule has 3 rings (SSSR count). The number of carboxylic acid groups (broad SMARTS) is 1. The highest BCUT2D eigenvalue weighted by Crippen LogP contribution is 2.25. The second kappa shape index (κ2) is 6.72. The zero-order valence-corrected chi connectivity index (χ0v) is 13.7. The van der Waals surface area contributed by atoms with Gasteiger partial charge in [0.1, 0.15) is 6.54 Å². The van der Waals surface area contributed by atoms with Crippen LogP contribution in [0.4, 0.5) is 0 Å². The normalized spacial score (nSPS) is 13.9. The SMILES string of the molecule is O=C(O)CN(Cc1ccccc1)S(=O)(=O)c1ccc2c(c1)COC2. The molecule has 0 aliphatic carbocycles. The highest BCUT2D eigenvalue weighted by atomic mass is 32.2. The van der Waals surface area contributed by atoms with Gasteiger partial charge in [-0.2, -0.15) is 4.31 Å². The summed E-state index contributed by atoms with van der Waals surface area (Å²) < 4.78 is 32.1. The summed E-state index contributed by atoms with van der Waals surface area (Å²) in [6, 6.07) is 13.7. The number of hydrogen-bond acceptors (Lipinski definition) is 4. The Bertz CT molecular complexity index is 849. The van der Waals surface area contributed by atoms with Gasteiger partial charge in [-0.15, -0.1) is 0 Å². The Morgan fingerprint density at radius 2 is 1.79 bits per heavy atom. The smallest absolute Gasteiger partial charge is 0.318 e. The number of rotatable bonds is 6. The maximum Gasteiger partial charge on any atom is 0.318 e. The van der Waals surface area contributed by atoms with Gasteiger partial charge in [0, 0.05) is 6.54 Å². The van der Waals surface area contributed by atoms with E-state index in [4.69, 9.17) is 9.84 Å². The summed E-state index contributed by atoms with van der Waals surface area (Å²) in [5, 5.41) is 9.10. The van der Waals surface area contributed by atoms with Crippen LogP contribution in [0, 0.1) is 0 Å². The minimum absolute atomic E-state index is 0.00303. The monoisotopic (exact) mass is 347 g/mol. The largest absolute Gasteiger partial charge is 0.480 e. The van der Waals surface area contributed by atoms with Gasteiger partial charge in [-0.05, 0) is 28.8 Å². The Kier molecular flexibility index (Phi) is 4.66. The predicted molar refractivity (Wildman–Crippen MR) is 86.6 cm³/mol. The lowest BCUT2D eigenvalue weighted by Crippen LogP contribution is -2.35. The third kappa shape index (κ3) is 3.48. The van der Waals surface area contributed by atoms with Crippen molar-refractivity contribution < 1.29 is 23.1 Å². The van der Waals surface area contributed by atoms with Crippen LogP contribution < -0.4 is 0 Å². The number of carbonyl (C=O) groups is 1. The first-order valence-electron chi connectivity index (χ1n) is 7.42. The maximum absolute atomic E-state index is 12.9. The Balaban J connectivity index is 1.94. The highest BCUT2D eigenvalue weighted by molar-refractivity contribution is 7.89. The van der Waals surface area contributed by atoms with Gasteiger partial charge in [-0.1, -0.05) is 36.4 Å². The lowest BCUT2D eigenvalue weighted by atomic mass is 10.1. The molecule has 0 saturated carbocycles. The standard InChI is InChI=1S/C17H17NO5S/c19-17(20)10-18(9-13-4-2-1-3-5-13)24(21,22)16-7-6-14-11-23-12-15(14)8-16/h1-8H,9-12H2,(H,19,20). The van der Waals surface area contributed by atoms with E-state index in [1.807, 2.05) is 6.07 Å². The van der Waals surface area contributed by atoms with Gasteiger partial charge in [-0.3, -0.25) is 4.79 Å². The van der Waals surface area contributed by atoms with Gasteiger partial charge < -0.3 is 9.84 Å². The summed E-state index contributed by atoms with van der Waals surface area (Å²) in [5.41, 5.74) is 2.51. The number of sulfonamides is 1. The number of nitrogens with zero attached hydrogens (tertiary/aromatic N) is 1. The van der Waals surface area contributed by atoms with Crippen molar-refractivity contribution in [2.75, 3.05) is 6.54 Å². The molecule has 1 heterocycles. The molecule has 0 bridgehead atoms. The number of fused-ring (bicyclic) bond motifs is 1. The second-order valence-corrected chi connectivity index (χ2v) is 7.51. The summed E-state index contributed by atoms with van der Waals surface area (Å²) in [5.74, 6) is -1.20. The zero-order valence-electron chi connectivity index (χ0n) is 12.9. The minimum Gasteiger partial charge on any atom is -0.480 e. The Labute approximate surface area is 140 Å². The van der Waals surface area contributed by atoms with Gasteiger partial charge in [0.25, 0.3) is 0 Å². The average molecular weight is 347 g/mol. The van der Waals surface area contributed by atoms with E-state index in [-0.39, 0.29) is 11.4 Å². The van der Waals surface area contributed by atoms with Crippen LogP contribution in [0.3, 0.4) is 0 Å². The Morgan fingerprint density at radius 3 is 2.50 bits per heavy atom. The van der Waals surface area contributed by atoms with Gasteiger partial charge in [-0.25, -0.2) is 8.42 Å². The summed E-state index contributed by atoms with van der Waals surface area (Å²) in [7, 11) is -3.92. The molecule has 0 saturated heterocycles. The average Bonchev–Trinajstić information content (AvgIpc) is 3.02. The Morgan fingerprint density at radius 1 is 1.08 bits per heavy atom. The van der Waals surface area contributed by atoms with E-state index in [0.717, 1.165) is 21.0 Å². The van der Waals surface area contributed by atoms with Crippen LogP contribution in [0.1, 0.15) is 16.7 Å². The molecule has 7 heteroatoms. The first-order valence-corrected chi connectivity index (χ1v) is 8.86. The molecule has 0 fully saturated rings. The number of aliphatic carboxylic acids is 1. The molecule has 126 valence electrons. The molecular weight excluding hydrogens is 330 g/mol. The fourth-order valence-corrected chi connectivity index (χ4v) is 4.05. The van der Waals surface area contributed by atoms with Crippen molar-refractivity contribution in [3.05, 3.63) is 65.2 Å². The molecule has 0 radical (unpaired) electrons. The molecule has 0 unspecified atom stereocenters. The fraction of sp³-hybridized carbons (Fsp3) is 0.235. The van der Waals surface area contributed by atoms with Crippen LogP contribution in [0.5, 0.6) is 0 Å². The molecular formula is C17H17NO5S. The number of hydrogen-bond donors (Lipinski definition) is 1. The van der Waals surface area contributed by atoms with Gasteiger partial charge in [0.05, 0.1) is 18.1 Å². The summed E-state index contributed by atoms with van der Waals surface area (Å²) in [4.78, 5) is 11.2. The zero-order chi connectivity index (χ0) is 17.2. The van der Waals surface area contributed by atoms with Crippen LogP contribution >= 0.6 is 0 Å². The van der Waals surface area contributed by atoms with Crippen molar-refractivity contribution in [2.45, 2.75) is 24.7 Å². The van der Waals surface area contributed by atoms with Crippen molar-refractivity contribution in [3.8, 4) is 0 Å². The van der Waals surface area contributed by atoms with Crippen molar-refractivity contribution in [2.24, 2.45) is 0 Å². The van der Waals surface area contributed by atoms with E-state index in [2.05, 4.69) is 0 Å². The van der Waals surface area contributed by atoms with Crippen molar-refractivity contribution >= 4 is 16.0 Å². The molecule has 24 heavy (non-hydrogen) atoms. The molecule has 0 aromatic heterocycles. The minimum atomic E-state index is -3.92. The van der Waals surface area contributed by atoms with Crippen molar-refractivity contribution in [3.63, 3.8) is 0 Å². The highest BCUT2D eigenvalue weighted by Gasteiger charge is 2.28. The van der Waals surface area contributed by atoms with E-state index in [1.54, 1.807) is 36.4 Å². The van der Waals surface area contributed by atoms with E-state index in [1.165, 1.54) is 6.07 Å². The molecule has 2 aromatic rings. The predicted octanol–water partition coefficient (Wildman–Crippen LogP) is 1.99.